The topological polar surface area (TPSA) is 76.4 Å². The SMILES string of the molecule is Cn1c(C(=O)O)cc2cc(S(=O)(=O)Cl)ccc21. The van der Waals surface area contributed by atoms with E-state index in [1.807, 2.05) is 0 Å². The number of aryl methyl sites for hydroxylation is 1. The van der Waals surface area contributed by atoms with E-state index >= 15 is 0 Å². The van der Waals surface area contributed by atoms with Crippen molar-refractivity contribution in [2.24, 2.45) is 7.05 Å². The normalized spacial score (nSPS) is 11.9. The van der Waals surface area contributed by atoms with Crippen LogP contribution in [0.5, 0.6) is 0 Å². The fourth-order valence-corrected chi connectivity index (χ4v) is 2.47. The number of rotatable bonds is 2. The van der Waals surface area contributed by atoms with Gasteiger partial charge in [-0.05, 0) is 24.3 Å². The van der Waals surface area contributed by atoms with Crippen LogP contribution in [0.15, 0.2) is 29.2 Å². The average molecular weight is 274 g/mol. The summed E-state index contributed by atoms with van der Waals surface area (Å²) in [7, 11) is 3.01. The van der Waals surface area contributed by atoms with Crippen LogP contribution in [0.3, 0.4) is 0 Å². The monoisotopic (exact) mass is 273 g/mol. The first-order valence-electron chi connectivity index (χ1n) is 4.58. The van der Waals surface area contributed by atoms with Crippen molar-refractivity contribution in [3.63, 3.8) is 0 Å². The highest BCUT2D eigenvalue weighted by atomic mass is 35.7. The molecule has 2 aromatic rings. The van der Waals surface area contributed by atoms with E-state index in [4.69, 9.17) is 15.8 Å². The first-order valence-corrected chi connectivity index (χ1v) is 6.89. The van der Waals surface area contributed by atoms with Crippen LogP contribution in [0.25, 0.3) is 10.9 Å². The van der Waals surface area contributed by atoms with E-state index in [-0.39, 0.29) is 10.6 Å². The molecule has 1 aromatic carbocycles. The predicted octanol–water partition coefficient (Wildman–Crippen LogP) is 1.80. The number of nitrogens with zero attached hydrogens (tertiary/aromatic N) is 1. The second kappa shape index (κ2) is 3.75. The van der Waals surface area contributed by atoms with E-state index in [9.17, 15) is 13.2 Å². The van der Waals surface area contributed by atoms with Crippen LogP contribution >= 0.6 is 10.7 Å². The number of benzene rings is 1. The number of carbonyl (C=O) groups is 1. The summed E-state index contributed by atoms with van der Waals surface area (Å²) >= 11 is 0. The molecular formula is C10H8ClNO4S. The lowest BCUT2D eigenvalue weighted by molar-refractivity contribution is 0.0687. The summed E-state index contributed by atoms with van der Waals surface area (Å²) in [6.07, 6.45) is 0. The molecule has 0 spiro atoms. The minimum atomic E-state index is -3.80. The quantitative estimate of drug-likeness (QED) is 0.847. The molecule has 0 bridgehead atoms. The van der Waals surface area contributed by atoms with Gasteiger partial charge in [0, 0.05) is 28.6 Å². The Kier molecular flexibility index (Phi) is 2.63. The summed E-state index contributed by atoms with van der Waals surface area (Å²) < 4.78 is 23.8. The number of aromatic nitrogens is 1. The van der Waals surface area contributed by atoms with E-state index in [0.717, 1.165) is 0 Å². The van der Waals surface area contributed by atoms with Gasteiger partial charge in [-0.25, -0.2) is 13.2 Å². The molecule has 0 radical (unpaired) electrons. The lowest BCUT2D eigenvalue weighted by atomic mass is 10.2. The summed E-state index contributed by atoms with van der Waals surface area (Å²) in [6.45, 7) is 0. The second-order valence-electron chi connectivity index (χ2n) is 3.55. The van der Waals surface area contributed by atoms with E-state index < -0.39 is 15.0 Å². The molecule has 0 amide bonds. The molecule has 0 fully saturated rings. The second-order valence-corrected chi connectivity index (χ2v) is 6.12. The smallest absolute Gasteiger partial charge is 0.352 e. The maximum absolute atomic E-state index is 11.1. The zero-order valence-electron chi connectivity index (χ0n) is 8.71. The molecule has 0 unspecified atom stereocenters. The minimum absolute atomic E-state index is 0.0470. The van der Waals surface area contributed by atoms with Crippen molar-refractivity contribution in [1.29, 1.82) is 0 Å². The Balaban J connectivity index is 2.77. The molecule has 1 heterocycles. The number of hydrogen-bond donors (Lipinski definition) is 1. The average Bonchev–Trinajstić information content (AvgIpc) is 2.54. The van der Waals surface area contributed by atoms with Gasteiger partial charge in [0.2, 0.25) is 0 Å². The molecule has 0 saturated carbocycles. The minimum Gasteiger partial charge on any atom is -0.477 e. The molecule has 90 valence electrons. The molecule has 0 atom stereocenters. The van der Waals surface area contributed by atoms with Gasteiger partial charge in [0.15, 0.2) is 0 Å². The Morgan fingerprint density at radius 2 is 2.00 bits per heavy atom. The van der Waals surface area contributed by atoms with Gasteiger partial charge in [0.25, 0.3) is 9.05 Å². The Morgan fingerprint density at radius 3 is 2.53 bits per heavy atom. The molecule has 7 heteroatoms. The highest BCUT2D eigenvalue weighted by Crippen LogP contribution is 2.24. The third kappa shape index (κ3) is 2.01. The van der Waals surface area contributed by atoms with Gasteiger partial charge in [-0.1, -0.05) is 0 Å². The van der Waals surface area contributed by atoms with Gasteiger partial charge < -0.3 is 9.67 Å². The van der Waals surface area contributed by atoms with Gasteiger partial charge in [-0.2, -0.15) is 0 Å². The molecule has 2 rings (SSSR count). The lowest BCUT2D eigenvalue weighted by Gasteiger charge is -2.00. The van der Waals surface area contributed by atoms with E-state index in [1.165, 1.54) is 28.8 Å². The largest absolute Gasteiger partial charge is 0.477 e. The van der Waals surface area contributed by atoms with Crippen molar-refractivity contribution in [3.05, 3.63) is 30.0 Å². The lowest BCUT2D eigenvalue weighted by Crippen LogP contribution is -2.03. The van der Waals surface area contributed by atoms with Crippen LogP contribution in [-0.4, -0.2) is 24.1 Å². The van der Waals surface area contributed by atoms with E-state index in [1.54, 1.807) is 7.05 Å². The number of fused-ring (bicyclic) bond motifs is 1. The zero-order chi connectivity index (χ0) is 12.8. The Hall–Kier alpha value is -1.53. The van der Waals surface area contributed by atoms with Gasteiger partial charge in [0.1, 0.15) is 5.69 Å². The van der Waals surface area contributed by atoms with Crippen LogP contribution in [0.4, 0.5) is 0 Å². The van der Waals surface area contributed by atoms with Gasteiger partial charge in [-0.3, -0.25) is 0 Å². The van der Waals surface area contributed by atoms with Crippen molar-refractivity contribution in [2.45, 2.75) is 4.90 Å². The Labute approximate surface area is 102 Å². The van der Waals surface area contributed by atoms with Crippen molar-refractivity contribution in [3.8, 4) is 0 Å². The first kappa shape index (κ1) is 11.9. The highest BCUT2D eigenvalue weighted by molar-refractivity contribution is 8.13. The van der Waals surface area contributed by atoms with Crippen LogP contribution in [0, 0.1) is 0 Å². The maximum Gasteiger partial charge on any atom is 0.352 e. The highest BCUT2D eigenvalue weighted by Gasteiger charge is 2.15. The molecule has 0 aliphatic rings. The molecule has 1 N–H and O–H groups in total. The van der Waals surface area contributed by atoms with Crippen LogP contribution in [-0.2, 0) is 16.1 Å². The van der Waals surface area contributed by atoms with E-state index in [2.05, 4.69) is 0 Å². The molecule has 17 heavy (non-hydrogen) atoms. The number of halogens is 1. The van der Waals surface area contributed by atoms with Crippen molar-refractivity contribution in [2.75, 3.05) is 0 Å². The predicted molar refractivity (Wildman–Crippen MR) is 62.9 cm³/mol. The fraction of sp³-hybridized carbons (Fsp3) is 0.100. The maximum atomic E-state index is 11.1. The molecule has 1 aromatic heterocycles. The van der Waals surface area contributed by atoms with Gasteiger partial charge >= 0.3 is 5.97 Å². The van der Waals surface area contributed by atoms with Crippen LogP contribution in [0.1, 0.15) is 10.5 Å². The van der Waals surface area contributed by atoms with Crippen molar-refractivity contribution < 1.29 is 18.3 Å². The third-order valence-corrected chi connectivity index (χ3v) is 3.87. The number of carboxylic acid groups (broad SMARTS) is 1. The Bertz CT molecular complexity index is 717. The van der Waals surface area contributed by atoms with E-state index in [0.29, 0.717) is 10.9 Å². The zero-order valence-corrected chi connectivity index (χ0v) is 10.3. The van der Waals surface area contributed by atoms with Crippen LogP contribution in [0.2, 0.25) is 0 Å². The molecular weight excluding hydrogens is 266 g/mol. The van der Waals surface area contributed by atoms with Gasteiger partial charge in [0.05, 0.1) is 4.90 Å². The summed E-state index contributed by atoms with van der Waals surface area (Å²) in [5.74, 6) is -1.07. The number of hydrogen-bond acceptors (Lipinski definition) is 3. The number of carboxylic acids is 1. The summed E-state index contributed by atoms with van der Waals surface area (Å²) in [4.78, 5) is 10.9. The van der Waals surface area contributed by atoms with Crippen molar-refractivity contribution >= 4 is 36.6 Å². The van der Waals surface area contributed by atoms with Crippen LogP contribution < -0.4 is 0 Å². The molecule has 0 saturated heterocycles. The molecule has 0 aliphatic heterocycles. The molecule has 5 nitrogen and oxygen atoms in total. The van der Waals surface area contributed by atoms with Crippen molar-refractivity contribution in [1.82, 2.24) is 4.57 Å². The first-order chi connectivity index (χ1) is 7.80. The summed E-state index contributed by atoms with van der Waals surface area (Å²) in [6, 6.07) is 5.63. The number of aromatic carboxylic acids is 1. The standard InChI is InChI=1S/C10H8ClNO4S/c1-12-8-3-2-7(17(11,15)16)4-6(8)5-9(12)10(13)14/h2-5H,1H3,(H,13,14). The third-order valence-electron chi connectivity index (χ3n) is 2.51. The summed E-state index contributed by atoms with van der Waals surface area (Å²) in [5.41, 5.74) is 0.718. The summed E-state index contributed by atoms with van der Waals surface area (Å²) in [5, 5.41) is 9.45. The fourth-order valence-electron chi connectivity index (χ4n) is 1.68. The van der Waals surface area contributed by atoms with Gasteiger partial charge in [-0.15, -0.1) is 0 Å². The Morgan fingerprint density at radius 1 is 1.35 bits per heavy atom. The molecule has 0 aliphatic carbocycles.